The van der Waals surface area contributed by atoms with Crippen LogP contribution in [-0.2, 0) is 11.3 Å². The molecule has 156 valence electrons. The minimum Gasteiger partial charge on any atom is -0.381 e. The summed E-state index contributed by atoms with van der Waals surface area (Å²) < 4.78 is 7.33. The molecule has 0 unspecified atom stereocenters. The van der Waals surface area contributed by atoms with Crippen molar-refractivity contribution < 1.29 is 4.74 Å². The molecule has 0 atom stereocenters. The van der Waals surface area contributed by atoms with E-state index in [2.05, 4.69) is 37.7 Å². The molecule has 5 aromatic rings. The largest absolute Gasteiger partial charge is 0.381 e. The van der Waals surface area contributed by atoms with Crippen molar-refractivity contribution in [3.8, 4) is 11.1 Å². The standard InChI is InChI=1S/C23H23N7O/c1-14-21-20(13-24-17-6-8-31-9-7-17)27-22-18(12-26-30(22)23(21)29-28-14)16-10-15-4-2-3-5-19(15)25-11-16/h2-5,10-12,17,24H,6-9,13H2,1H3,(H,28,29). The minimum absolute atomic E-state index is 0.447. The van der Waals surface area contributed by atoms with E-state index < -0.39 is 0 Å². The van der Waals surface area contributed by atoms with Crippen molar-refractivity contribution in [3.63, 3.8) is 0 Å². The maximum Gasteiger partial charge on any atom is 0.165 e. The van der Waals surface area contributed by atoms with Crippen molar-refractivity contribution in [3.05, 3.63) is 54.1 Å². The Labute approximate surface area is 178 Å². The van der Waals surface area contributed by atoms with Gasteiger partial charge in [-0.05, 0) is 31.9 Å². The number of fused-ring (bicyclic) bond motifs is 4. The fourth-order valence-electron chi connectivity index (χ4n) is 4.41. The first-order valence-electron chi connectivity index (χ1n) is 10.7. The second kappa shape index (κ2) is 7.40. The highest BCUT2D eigenvalue weighted by Crippen LogP contribution is 2.29. The first-order valence-corrected chi connectivity index (χ1v) is 10.7. The summed E-state index contributed by atoms with van der Waals surface area (Å²) in [7, 11) is 0. The zero-order chi connectivity index (χ0) is 20.8. The first-order chi connectivity index (χ1) is 15.3. The number of hydrogen-bond donors (Lipinski definition) is 2. The van der Waals surface area contributed by atoms with Crippen molar-refractivity contribution in [2.45, 2.75) is 32.4 Å². The summed E-state index contributed by atoms with van der Waals surface area (Å²) in [6.07, 6.45) is 5.80. The third-order valence-electron chi connectivity index (χ3n) is 6.09. The van der Waals surface area contributed by atoms with Crippen LogP contribution in [0.5, 0.6) is 0 Å². The zero-order valence-electron chi connectivity index (χ0n) is 17.3. The molecule has 0 saturated carbocycles. The molecule has 1 saturated heterocycles. The van der Waals surface area contributed by atoms with Gasteiger partial charge in [0.2, 0.25) is 0 Å². The average Bonchev–Trinajstić information content (AvgIpc) is 3.41. The highest BCUT2D eigenvalue weighted by atomic mass is 16.5. The lowest BCUT2D eigenvalue weighted by molar-refractivity contribution is 0.0775. The number of hydrogen-bond acceptors (Lipinski definition) is 6. The van der Waals surface area contributed by atoms with E-state index in [1.54, 1.807) is 0 Å². The van der Waals surface area contributed by atoms with E-state index in [1.165, 1.54) is 0 Å². The number of pyridine rings is 1. The third-order valence-corrected chi connectivity index (χ3v) is 6.09. The van der Waals surface area contributed by atoms with Crippen molar-refractivity contribution >= 4 is 27.6 Å². The number of para-hydroxylation sites is 1. The van der Waals surface area contributed by atoms with Gasteiger partial charge in [0.1, 0.15) is 0 Å². The summed E-state index contributed by atoms with van der Waals surface area (Å²) in [4.78, 5) is 9.68. The average molecular weight is 413 g/mol. The lowest BCUT2D eigenvalue weighted by Gasteiger charge is -2.23. The van der Waals surface area contributed by atoms with Crippen LogP contribution >= 0.6 is 0 Å². The molecule has 0 bridgehead atoms. The number of nitrogens with zero attached hydrogens (tertiary/aromatic N) is 5. The molecular weight excluding hydrogens is 390 g/mol. The number of aromatic nitrogens is 6. The molecule has 2 N–H and O–H groups in total. The van der Waals surface area contributed by atoms with Crippen molar-refractivity contribution in [2.24, 2.45) is 0 Å². The Bertz CT molecular complexity index is 1400. The number of aromatic amines is 1. The number of nitrogens with one attached hydrogen (secondary N) is 2. The normalized spacial score (nSPS) is 15.4. The van der Waals surface area contributed by atoms with Gasteiger partial charge in [-0.1, -0.05) is 18.2 Å². The van der Waals surface area contributed by atoms with Crippen LogP contribution in [-0.4, -0.2) is 49.0 Å². The monoisotopic (exact) mass is 413 g/mol. The summed E-state index contributed by atoms with van der Waals surface area (Å²) in [5.41, 5.74) is 6.51. The van der Waals surface area contributed by atoms with Crippen molar-refractivity contribution in [1.82, 2.24) is 35.1 Å². The summed E-state index contributed by atoms with van der Waals surface area (Å²) in [5.74, 6) is 0. The van der Waals surface area contributed by atoms with E-state index in [-0.39, 0.29) is 0 Å². The molecule has 4 aromatic heterocycles. The summed E-state index contributed by atoms with van der Waals surface area (Å²) in [5, 5.41) is 18.0. The molecular formula is C23H23N7O. The molecule has 0 aliphatic carbocycles. The molecule has 1 aromatic carbocycles. The van der Waals surface area contributed by atoms with Crippen LogP contribution in [0, 0.1) is 6.92 Å². The van der Waals surface area contributed by atoms with Crippen LogP contribution in [0.1, 0.15) is 24.2 Å². The molecule has 1 fully saturated rings. The Balaban J connectivity index is 1.46. The van der Waals surface area contributed by atoms with E-state index in [0.717, 1.165) is 76.2 Å². The van der Waals surface area contributed by atoms with E-state index >= 15 is 0 Å². The molecule has 6 rings (SSSR count). The lowest BCUT2D eigenvalue weighted by atomic mass is 10.1. The van der Waals surface area contributed by atoms with Gasteiger partial charge in [0.05, 0.1) is 28.5 Å². The third kappa shape index (κ3) is 3.15. The van der Waals surface area contributed by atoms with Crippen LogP contribution in [0.3, 0.4) is 0 Å². The molecule has 0 spiro atoms. The summed E-state index contributed by atoms with van der Waals surface area (Å²) in [6.45, 7) is 4.30. The second-order valence-electron chi connectivity index (χ2n) is 8.07. The highest BCUT2D eigenvalue weighted by Gasteiger charge is 2.20. The van der Waals surface area contributed by atoms with Crippen molar-refractivity contribution in [2.75, 3.05) is 13.2 Å². The number of benzene rings is 1. The fourth-order valence-corrected chi connectivity index (χ4v) is 4.41. The second-order valence-corrected chi connectivity index (χ2v) is 8.07. The van der Waals surface area contributed by atoms with Gasteiger partial charge in [-0.2, -0.15) is 14.7 Å². The molecule has 1 aliphatic rings. The first kappa shape index (κ1) is 18.4. The van der Waals surface area contributed by atoms with Crippen LogP contribution < -0.4 is 5.32 Å². The molecule has 31 heavy (non-hydrogen) atoms. The number of ether oxygens (including phenoxy) is 1. The van der Waals surface area contributed by atoms with E-state index in [1.807, 2.05) is 42.0 Å². The Morgan fingerprint density at radius 2 is 2.06 bits per heavy atom. The molecule has 8 heteroatoms. The van der Waals surface area contributed by atoms with Gasteiger partial charge in [0, 0.05) is 48.5 Å². The lowest BCUT2D eigenvalue weighted by Crippen LogP contribution is -2.34. The number of rotatable bonds is 4. The Morgan fingerprint density at radius 1 is 1.19 bits per heavy atom. The molecule has 5 heterocycles. The van der Waals surface area contributed by atoms with Gasteiger partial charge >= 0.3 is 0 Å². The van der Waals surface area contributed by atoms with Gasteiger partial charge in [-0.15, -0.1) is 0 Å². The molecule has 0 amide bonds. The molecule has 1 aliphatic heterocycles. The van der Waals surface area contributed by atoms with E-state index in [4.69, 9.17) is 9.72 Å². The smallest absolute Gasteiger partial charge is 0.165 e. The van der Waals surface area contributed by atoms with Gasteiger partial charge < -0.3 is 10.1 Å². The predicted octanol–water partition coefficient (Wildman–Crippen LogP) is 3.40. The summed E-state index contributed by atoms with van der Waals surface area (Å²) in [6, 6.07) is 10.7. The Morgan fingerprint density at radius 3 is 2.97 bits per heavy atom. The van der Waals surface area contributed by atoms with Crippen LogP contribution in [0.2, 0.25) is 0 Å². The van der Waals surface area contributed by atoms with Gasteiger partial charge in [0.15, 0.2) is 11.3 Å². The maximum atomic E-state index is 5.48. The van der Waals surface area contributed by atoms with Crippen LogP contribution in [0.25, 0.3) is 38.7 Å². The predicted molar refractivity (Wildman–Crippen MR) is 119 cm³/mol. The van der Waals surface area contributed by atoms with Crippen LogP contribution in [0.15, 0.2) is 42.7 Å². The molecule has 8 nitrogen and oxygen atoms in total. The highest BCUT2D eigenvalue weighted by molar-refractivity contribution is 5.90. The number of aryl methyl sites for hydroxylation is 1. The molecule has 0 radical (unpaired) electrons. The topological polar surface area (TPSA) is 93.0 Å². The SMILES string of the molecule is Cc1n[nH]c2c1c(CNC1CCOCC1)nc1c(-c3cnc4ccccc4c3)cnn12. The Hall–Kier alpha value is -3.36. The summed E-state index contributed by atoms with van der Waals surface area (Å²) >= 11 is 0. The van der Waals surface area contributed by atoms with E-state index in [9.17, 15) is 0 Å². The Kier molecular flexibility index (Phi) is 4.40. The van der Waals surface area contributed by atoms with Gasteiger partial charge in [-0.25, -0.2) is 4.98 Å². The van der Waals surface area contributed by atoms with Crippen molar-refractivity contribution in [1.29, 1.82) is 0 Å². The fraction of sp³-hybridized carbons (Fsp3) is 0.304. The maximum absolute atomic E-state index is 5.48. The van der Waals surface area contributed by atoms with Gasteiger partial charge in [-0.3, -0.25) is 10.1 Å². The van der Waals surface area contributed by atoms with E-state index in [0.29, 0.717) is 12.6 Å². The number of H-pyrrole nitrogens is 1. The van der Waals surface area contributed by atoms with Crippen LogP contribution in [0.4, 0.5) is 0 Å². The quantitative estimate of drug-likeness (QED) is 0.469. The van der Waals surface area contributed by atoms with Gasteiger partial charge in [0.25, 0.3) is 0 Å². The minimum atomic E-state index is 0.447. The zero-order valence-corrected chi connectivity index (χ0v) is 17.3.